The molecule has 3 heterocycles. The molecule has 0 aromatic carbocycles. The minimum atomic E-state index is 0.0646. The zero-order valence-electron chi connectivity index (χ0n) is 13.0. The van der Waals surface area contributed by atoms with Crippen LogP contribution in [-0.4, -0.2) is 47.7 Å². The Morgan fingerprint density at radius 3 is 2.90 bits per heavy atom. The van der Waals surface area contributed by atoms with Crippen LogP contribution in [0, 0.1) is 5.92 Å². The number of H-pyrrole nitrogens is 1. The standard InChI is InChI=1S/C16H25N3O2/c1-11(2)15-17-14-4-7-19(9-12-5-8-21-10-12)6-3-13(14)16(20)18-15/h11-12H,3-10H2,1-2H3,(H,17,18,20)/t12-/m1/s1. The van der Waals surface area contributed by atoms with Gasteiger partial charge in [-0.05, 0) is 18.8 Å². The second kappa shape index (κ2) is 6.28. The van der Waals surface area contributed by atoms with Gasteiger partial charge in [0.1, 0.15) is 5.82 Å². The van der Waals surface area contributed by atoms with Gasteiger partial charge in [0.15, 0.2) is 0 Å². The van der Waals surface area contributed by atoms with Crippen LogP contribution in [0.5, 0.6) is 0 Å². The van der Waals surface area contributed by atoms with Gasteiger partial charge < -0.3 is 14.6 Å². The van der Waals surface area contributed by atoms with E-state index in [1.807, 2.05) is 0 Å². The Balaban J connectivity index is 1.73. The van der Waals surface area contributed by atoms with Crippen molar-refractivity contribution in [1.29, 1.82) is 0 Å². The molecule has 0 saturated carbocycles. The lowest BCUT2D eigenvalue weighted by atomic mass is 10.1. The predicted octanol–water partition coefficient (Wildman–Crippen LogP) is 1.33. The van der Waals surface area contributed by atoms with Crippen LogP contribution in [0.4, 0.5) is 0 Å². The molecular formula is C16H25N3O2. The zero-order chi connectivity index (χ0) is 14.8. The summed E-state index contributed by atoms with van der Waals surface area (Å²) >= 11 is 0. The number of ether oxygens (including phenoxy) is 1. The zero-order valence-corrected chi connectivity index (χ0v) is 13.0. The van der Waals surface area contributed by atoms with Crippen LogP contribution in [0.3, 0.4) is 0 Å². The van der Waals surface area contributed by atoms with Crippen molar-refractivity contribution < 1.29 is 4.74 Å². The summed E-state index contributed by atoms with van der Waals surface area (Å²) in [6, 6.07) is 0. The van der Waals surface area contributed by atoms with Crippen molar-refractivity contribution in [3.63, 3.8) is 0 Å². The van der Waals surface area contributed by atoms with Crippen molar-refractivity contribution >= 4 is 0 Å². The summed E-state index contributed by atoms with van der Waals surface area (Å²) in [6.45, 7) is 8.95. The molecule has 0 spiro atoms. The molecule has 0 aliphatic carbocycles. The maximum Gasteiger partial charge on any atom is 0.254 e. The SMILES string of the molecule is CC(C)c1nc2c(c(=O)[nH]1)CCN(C[C@H]1CCOC1)CC2. The van der Waals surface area contributed by atoms with Gasteiger partial charge >= 0.3 is 0 Å². The Bertz CT molecular complexity index is 547. The van der Waals surface area contributed by atoms with E-state index >= 15 is 0 Å². The Morgan fingerprint density at radius 2 is 2.19 bits per heavy atom. The van der Waals surface area contributed by atoms with Gasteiger partial charge in [0.25, 0.3) is 5.56 Å². The van der Waals surface area contributed by atoms with Gasteiger partial charge in [0.05, 0.1) is 12.3 Å². The molecule has 0 radical (unpaired) electrons. The highest BCUT2D eigenvalue weighted by Crippen LogP contribution is 2.18. The molecule has 1 N–H and O–H groups in total. The van der Waals surface area contributed by atoms with Crippen LogP contribution in [0.1, 0.15) is 43.3 Å². The van der Waals surface area contributed by atoms with E-state index in [4.69, 9.17) is 9.72 Å². The molecular weight excluding hydrogens is 266 g/mol. The number of aromatic amines is 1. The molecule has 1 fully saturated rings. The van der Waals surface area contributed by atoms with Crippen LogP contribution in [0.15, 0.2) is 4.79 Å². The number of rotatable bonds is 3. The van der Waals surface area contributed by atoms with E-state index in [0.29, 0.717) is 5.92 Å². The number of aromatic nitrogens is 2. The third-order valence-electron chi connectivity index (χ3n) is 4.55. The average Bonchev–Trinajstić information content (AvgIpc) is 2.86. The maximum atomic E-state index is 12.3. The fourth-order valence-electron chi connectivity index (χ4n) is 3.22. The normalized spacial score (nSPS) is 23.3. The highest BCUT2D eigenvalue weighted by atomic mass is 16.5. The van der Waals surface area contributed by atoms with Crippen molar-refractivity contribution in [2.75, 3.05) is 32.8 Å². The molecule has 1 atom stereocenters. The molecule has 0 unspecified atom stereocenters. The fraction of sp³-hybridized carbons (Fsp3) is 0.750. The first-order chi connectivity index (χ1) is 10.1. The van der Waals surface area contributed by atoms with E-state index in [0.717, 1.165) is 62.8 Å². The molecule has 2 aliphatic rings. The summed E-state index contributed by atoms with van der Waals surface area (Å²) in [6.07, 6.45) is 2.86. The topological polar surface area (TPSA) is 58.2 Å². The van der Waals surface area contributed by atoms with Crippen molar-refractivity contribution in [3.8, 4) is 0 Å². The molecule has 5 nitrogen and oxygen atoms in total. The van der Waals surface area contributed by atoms with Crippen LogP contribution in [-0.2, 0) is 17.6 Å². The smallest absolute Gasteiger partial charge is 0.254 e. The van der Waals surface area contributed by atoms with Gasteiger partial charge in [-0.15, -0.1) is 0 Å². The average molecular weight is 291 g/mol. The molecule has 0 bridgehead atoms. The summed E-state index contributed by atoms with van der Waals surface area (Å²) in [5, 5.41) is 0. The minimum Gasteiger partial charge on any atom is -0.381 e. The van der Waals surface area contributed by atoms with Crippen LogP contribution >= 0.6 is 0 Å². The summed E-state index contributed by atoms with van der Waals surface area (Å²) in [7, 11) is 0. The number of hydrogen-bond donors (Lipinski definition) is 1. The number of nitrogens with zero attached hydrogens (tertiary/aromatic N) is 2. The lowest BCUT2D eigenvalue weighted by Crippen LogP contribution is -2.32. The molecule has 21 heavy (non-hydrogen) atoms. The summed E-state index contributed by atoms with van der Waals surface area (Å²) < 4.78 is 5.46. The van der Waals surface area contributed by atoms with E-state index in [1.54, 1.807) is 0 Å². The number of nitrogens with one attached hydrogen (secondary N) is 1. The first kappa shape index (κ1) is 14.7. The highest BCUT2D eigenvalue weighted by molar-refractivity contribution is 5.21. The summed E-state index contributed by atoms with van der Waals surface area (Å²) in [5.74, 6) is 1.73. The van der Waals surface area contributed by atoms with Gasteiger partial charge in [-0.25, -0.2) is 4.98 Å². The van der Waals surface area contributed by atoms with E-state index < -0.39 is 0 Å². The predicted molar refractivity (Wildman–Crippen MR) is 81.7 cm³/mol. The third-order valence-corrected chi connectivity index (χ3v) is 4.55. The summed E-state index contributed by atoms with van der Waals surface area (Å²) in [5.41, 5.74) is 1.96. The molecule has 5 heteroatoms. The fourth-order valence-corrected chi connectivity index (χ4v) is 3.22. The van der Waals surface area contributed by atoms with Gasteiger partial charge in [-0.2, -0.15) is 0 Å². The molecule has 1 aromatic heterocycles. The Hall–Kier alpha value is -1.20. The number of hydrogen-bond acceptors (Lipinski definition) is 4. The Kier molecular flexibility index (Phi) is 4.40. The van der Waals surface area contributed by atoms with E-state index in [-0.39, 0.29) is 11.5 Å². The van der Waals surface area contributed by atoms with E-state index in [2.05, 4.69) is 23.7 Å². The lowest BCUT2D eigenvalue weighted by Gasteiger charge is -2.22. The van der Waals surface area contributed by atoms with Gasteiger partial charge in [-0.3, -0.25) is 4.79 Å². The molecule has 1 saturated heterocycles. The van der Waals surface area contributed by atoms with Crippen molar-refractivity contribution in [3.05, 3.63) is 27.4 Å². The van der Waals surface area contributed by atoms with E-state index in [9.17, 15) is 4.79 Å². The van der Waals surface area contributed by atoms with Crippen molar-refractivity contribution in [2.24, 2.45) is 5.92 Å². The maximum absolute atomic E-state index is 12.3. The molecule has 1 aromatic rings. The Labute approximate surface area is 125 Å². The van der Waals surface area contributed by atoms with Crippen molar-refractivity contribution in [2.45, 2.75) is 39.0 Å². The molecule has 116 valence electrons. The summed E-state index contributed by atoms with van der Waals surface area (Å²) in [4.78, 5) is 22.4. The largest absolute Gasteiger partial charge is 0.381 e. The Morgan fingerprint density at radius 1 is 1.38 bits per heavy atom. The highest BCUT2D eigenvalue weighted by Gasteiger charge is 2.23. The van der Waals surface area contributed by atoms with Gasteiger partial charge in [0.2, 0.25) is 0 Å². The second-order valence-electron chi connectivity index (χ2n) is 6.56. The minimum absolute atomic E-state index is 0.0646. The van der Waals surface area contributed by atoms with Crippen molar-refractivity contribution in [1.82, 2.24) is 14.9 Å². The van der Waals surface area contributed by atoms with Crippen LogP contribution < -0.4 is 5.56 Å². The quantitative estimate of drug-likeness (QED) is 0.913. The first-order valence-corrected chi connectivity index (χ1v) is 8.05. The number of fused-ring (bicyclic) bond motifs is 1. The molecule has 0 amide bonds. The second-order valence-corrected chi connectivity index (χ2v) is 6.56. The van der Waals surface area contributed by atoms with E-state index in [1.165, 1.54) is 6.42 Å². The van der Waals surface area contributed by atoms with Gasteiger partial charge in [0, 0.05) is 44.1 Å². The molecule has 2 aliphatic heterocycles. The van der Waals surface area contributed by atoms with Crippen LogP contribution in [0.2, 0.25) is 0 Å². The van der Waals surface area contributed by atoms with Gasteiger partial charge in [-0.1, -0.05) is 13.8 Å². The molecule has 3 rings (SSSR count). The lowest BCUT2D eigenvalue weighted by molar-refractivity contribution is 0.168. The monoisotopic (exact) mass is 291 g/mol. The first-order valence-electron chi connectivity index (χ1n) is 8.05. The third kappa shape index (κ3) is 3.35. The van der Waals surface area contributed by atoms with Crippen LogP contribution in [0.25, 0.3) is 0 Å².